The van der Waals surface area contributed by atoms with Crippen LogP contribution in [0.2, 0.25) is 0 Å². The molecule has 0 bridgehead atoms. The van der Waals surface area contributed by atoms with Crippen molar-refractivity contribution < 1.29 is 42.9 Å². The van der Waals surface area contributed by atoms with Crippen LogP contribution in [-0.4, -0.2) is 93.4 Å². The van der Waals surface area contributed by atoms with Gasteiger partial charge in [0, 0.05) is 38.2 Å². The Morgan fingerprint density at radius 3 is 1.78 bits per heavy atom. The number of carbonyl (C=O) groups excluding carboxylic acids is 4. The summed E-state index contributed by atoms with van der Waals surface area (Å²) in [5.74, 6) is 0.0572. The summed E-state index contributed by atoms with van der Waals surface area (Å²) < 4.78 is 29.1. The van der Waals surface area contributed by atoms with Gasteiger partial charge in [-0.3, -0.25) is 19.2 Å². The number of rotatable bonds is 26. The normalized spacial score (nSPS) is 14.2. The molecule has 0 aliphatic carbocycles. The molecule has 2 atom stereocenters. The first-order chi connectivity index (χ1) is 19.1. The molecule has 0 saturated heterocycles. The van der Waals surface area contributed by atoms with E-state index in [-0.39, 0.29) is 107 Å². The zero-order valence-corrected chi connectivity index (χ0v) is 27.1. The second kappa shape index (κ2) is 21.0. The van der Waals surface area contributed by atoms with Crippen molar-refractivity contribution in [3.63, 3.8) is 0 Å². The number of amides is 1. The van der Waals surface area contributed by atoms with E-state index in [9.17, 15) is 19.2 Å². The van der Waals surface area contributed by atoms with Crippen molar-refractivity contribution in [1.82, 2.24) is 5.32 Å². The molecule has 0 fully saturated rings. The first-order valence-corrected chi connectivity index (χ1v) is 14.9. The van der Waals surface area contributed by atoms with Crippen LogP contribution in [0.5, 0.6) is 0 Å². The van der Waals surface area contributed by atoms with Crippen molar-refractivity contribution in [1.29, 1.82) is 0 Å². The van der Waals surface area contributed by atoms with Crippen LogP contribution < -0.4 is 5.32 Å². The third-order valence-electron chi connectivity index (χ3n) is 6.16. The molecule has 10 nitrogen and oxygen atoms in total. The van der Waals surface area contributed by atoms with Crippen LogP contribution in [-0.2, 0) is 42.9 Å². The summed E-state index contributed by atoms with van der Waals surface area (Å²) in [6.07, 6.45) is 0.916. The Balaban J connectivity index is 5.52. The lowest BCUT2D eigenvalue weighted by atomic mass is 10.0. The Labute approximate surface area is 247 Å². The topological polar surface area (TPSA) is 126 Å². The van der Waals surface area contributed by atoms with Gasteiger partial charge in [-0.15, -0.1) is 0 Å². The van der Waals surface area contributed by atoms with E-state index in [1.807, 2.05) is 55.4 Å². The van der Waals surface area contributed by atoms with Crippen LogP contribution in [0, 0.1) is 11.8 Å². The van der Waals surface area contributed by atoms with Crippen LogP contribution in [0.25, 0.3) is 0 Å². The highest BCUT2D eigenvalue weighted by Gasteiger charge is 2.34. The first kappa shape index (κ1) is 39.3. The van der Waals surface area contributed by atoms with Gasteiger partial charge in [0.1, 0.15) is 22.9 Å². The fourth-order valence-corrected chi connectivity index (χ4v) is 3.90. The number of hydrogen-bond acceptors (Lipinski definition) is 9. The summed E-state index contributed by atoms with van der Waals surface area (Å²) in [5, 5.41) is 3.02. The molecule has 41 heavy (non-hydrogen) atoms. The smallest absolute Gasteiger partial charge is 0.223 e. The molecule has 0 radical (unpaired) electrons. The maximum atomic E-state index is 13.2. The minimum Gasteiger partial charge on any atom is -0.378 e. The van der Waals surface area contributed by atoms with Gasteiger partial charge in [0.2, 0.25) is 5.91 Å². The molecular weight excluding hydrogens is 530 g/mol. The highest BCUT2D eigenvalue weighted by Crippen LogP contribution is 2.15. The van der Waals surface area contributed by atoms with Crippen LogP contribution in [0.1, 0.15) is 94.4 Å². The molecule has 10 heteroatoms. The lowest BCUT2D eigenvalue weighted by Crippen LogP contribution is -2.59. The zero-order valence-electron chi connectivity index (χ0n) is 27.1. The number of hydrogen-bond donors (Lipinski definition) is 1. The molecule has 2 unspecified atom stereocenters. The molecule has 0 saturated carbocycles. The van der Waals surface area contributed by atoms with Gasteiger partial charge in [0.15, 0.2) is 0 Å². The van der Waals surface area contributed by atoms with Crippen molar-refractivity contribution in [2.75, 3.05) is 52.9 Å². The molecule has 1 N–H and O–H groups in total. The van der Waals surface area contributed by atoms with E-state index in [0.29, 0.717) is 19.6 Å². The van der Waals surface area contributed by atoms with Gasteiger partial charge < -0.3 is 29.0 Å². The van der Waals surface area contributed by atoms with Crippen LogP contribution in [0.4, 0.5) is 0 Å². The van der Waals surface area contributed by atoms with Crippen LogP contribution >= 0.6 is 0 Å². The summed E-state index contributed by atoms with van der Waals surface area (Å²) in [6.45, 7) is 18.2. The summed E-state index contributed by atoms with van der Waals surface area (Å²) in [5.41, 5.74) is -1.57. The largest absolute Gasteiger partial charge is 0.378 e. The minimum atomic E-state index is -1.10. The maximum Gasteiger partial charge on any atom is 0.223 e. The molecule has 240 valence electrons. The molecule has 0 aromatic heterocycles. The third kappa shape index (κ3) is 20.7. The average Bonchev–Trinajstić information content (AvgIpc) is 2.85. The highest BCUT2D eigenvalue weighted by atomic mass is 16.5. The van der Waals surface area contributed by atoms with Crippen molar-refractivity contribution in [2.24, 2.45) is 11.8 Å². The fraction of sp³-hybridized carbons (Fsp3) is 0.871. The number of carbonyl (C=O) groups is 4. The van der Waals surface area contributed by atoms with E-state index in [1.54, 1.807) is 0 Å². The number of ketones is 3. The van der Waals surface area contributed by atoms with Gasteiger partial charge in [0.05, 0.1) is 64.4 Å². The van der Waals surface area contributed by atoms with Gasteiger partial charge in [-0.2, -0.15) is 0 Å². The van der Waals surface area contributed by atoms with Crippen molar-refractivity contribution in [3.05, 3.63) is 0 Å². The van der Waals surface area contributed by atoms with Crippen molar-refractivity contribution in [3.8, 4) is 0 Å². The molecule has 0 heterocycles. The summed E-state index contributed by atoms with van der Waals surface area (Å²) in [4.78, 5) is 48.9. The Bertz CT molecular complexity index is 782. The molecule has 0 rings (SSSR count). The molecule has 0 aromatic carbocycles. The lowest BCUT2D eigenvalue weighted by molar-refractivity contribution is -0.134. The highest BCUT2D eigenvalue weighted by molar-refractivity contribution is 5.80. The van der Waals surface area contributed by atoms with Gasteiger partial charge in [0.25, 0.3) is 0 Å². The second-order valence-corrected chi connectivity index (χ2v) is 12.2. The average molecular weight is 588 g/mol. The summed E-state index contributed by atoms with van der Waals surface area (Å²) in [6, 6.07) is 0. The van der Waals surface area contributed by atoms with E-state index < -0.39 is 11.1 Å². The zero-order chi connectivity index (χ0) is 31.5. The molecule has 0 spiro atoms. The standard InChI is InChI=1S/C31H57NO9/c1-10-41-30(8,9)19-40-26(7)18-29(36)32-31(20-37-14-11-25(6)33,22-39-16-13-28(35)24(4)5)21-38-15-12-27(34)17-23(2)3/h23-24,26H,10-22H2,1-9H3,(H,32,36). The van der Waals surface area contributed by atoms with E-state index in [1.165, 1.54) is 6.92 Å². The first-order valence-electron chi connectivity index (χ1n) is 14.9. The number of nitrogens with one attached hydrogen (secondary N) is 1. The Morgan fingerprint density at radius 1 is 0.756 bits per heavy atom. The van der Waals surface area contributed by atoms with Crippen molar-refractivity contribution in [2.45, 2.75) is 112 Å². The van der Waals surface area contributed by atoms with Gasteiger partial charge in [-0.05, 0) is 40.5 Å². The second-order valence-electron chi connectivity index (χ2n) is 12.2. The maximum absolute atomic E-state index is 13.2. The quantitative estimate of drug-likeness (QED) is 0.149. The third-order valence-corrected chi connectivity index (χ3v) is 6.16. The predicted octanol–water partition coefficient (Wildman–Crippen LogP) is 4.10. The number of ether oxygens (including phenoxy) is 5. The monoisotopic (exact) mass is 587 g/mol. The predicted molar refractivity (Wildman–Crippen MR) is 158 cm³/mol. The lowest BCUT2D eigenvalue weighted by Gasteiger charge is -2.35. The molecular formula is C31H57NO9. The van der Waals surface area contributed by atoms with Crippen LogP contribution in [0.3, 0.4) is 0 Å². The van der Waals surface area contributed by atoms with Crippen molar-refractivity contribution >= 4 is 23.3 Å². The molecule has 0 aliphatic rings. The Kier molecular flexibility index (Phi) is 20.2. The van der Waals surface area contributed by atoms with Crippen LogP contribution in [0.15, 0.2) is 0 Å². The molecule has 1 amide bonds. The SMILES string of the molecule is CCOC(C)(C)COC(C)CC(=O)NC(COCCC(C)=O)(COCCC(=O)CC(C)C)COCCC(=O)C(C)C. The van der Waals surface area contributed by atoms with E-state index >= 15 is 0 Å². The van der Waals surface area contributed by atoms with E-state index in [4.69, 9.17) is 23.7 Å². The summed E-state index contributed by atoms with van der Waals surface area (Å²) in [7, 11) is 0. The molecule has 0 aliphatic heterocycles. The Morgan fingerprint density at radius 2 is 1.29 bits per heavy atom. The van der Waals surface area contributed by atoms with Gasteiger partial charge in [-0.25, -0.2) is 0 Å². The minimum absolute atomic E-state index is 0.0102. The van der Waals surface area contributed by atoms with E-state index in [2.05, 4.69) is 5.32 Å². The molecule has 0 aromatic rings. The number of Topliss-reactive ketones (excluding diaryl/α,β-unsaturated/α-hetero) is 3. The summed E-state index contributed by atoms with van der Waals surface area (Å²) >= 11 is 0. The van der Waals surface area contributed by atoms with E-state index in [0.717, 1.165) is 0 Å². The van der Waals surface area contributed by atoms with Gasteiger partial charge >= 0.3 is 0 Å². The Hall–Kier alpha value is -1.72. The fourth-order valence-electron chi connectivity index (χ4n) is 3.90. The van der Waals surface area contributed by atoms with Gasteiger partial charge in [-0.1, -0.05) is 27.7 Å².